The van der Waals surface area contributed by atoms with Crippen LogP contribution in [0.2, 0.25) is 0 Å². The second kappa shape index (κ2) is 2.64. The summed E-state index contributed by atoms with van der Waals surface area (Å²) in [5.41, 5.74) is 7.31. The van der Waals surface area contributed by atoms with Crippen molar-refractivity contribution < 1.29 is 4.74 Å². The van der Waals surface area contributed by atoms with Gasteiger partial charge in [-0.3, -0.25) is 0 Å². The molecule has 0 atom stereocenters. The monoisotopic (exact) mass is 180 g/mol. The summed E-state index contributed by atoms with van der Waals surface area (Å²) in [6.07, 6.45) is 0. The highest BCUT2D eigenvalue weighted by molar-refractivity contribution is 7.20. The number of ether oxygens (including phenoxy) is 1. The predicted molar refractivity (Wildman–Crippen MR) is 50.6 cm³/mol. The van der Waals surface area contributed by atoms with Crippen LogP contribution in [0.4, 0.5) is 5.69 Å². The predicted octanol–water partition coefficient (Wildman–Crippen LogP) is 1.89. The van der Waals surface area contributed by atoms with E-state index in [9.17, 15) is 0 Å². The average Bonchev–Trinajstić information content (AvgIpc) is 2.46. The zero-order valence-electron chi connectivity index (χ0n) is 6.57. The smallest absolute Gasteiger partial charge is 0.274 e. The molecule has 4 heteroatoms. The molecule has 2 N–H and O–H groups in total. The summed E-state index contributed by atoms with van der Waals surface area (Å²) in [5, 5.41) is 0.676. The van der Waals surface area contributed by atoms with Crippen LogP contribution < -0.4 is 10.5 Å². The number of hydrogen-bond donors (Lipinski definition) is 1. The molecule has 62 valence electrons. The zero-order chi connectivity index (χ0) is 8.55. The number of hydrogen-bond acceptors (Lipinski definition) is 4. The Morgan fingerprint density at radius 2 is 2.33 bits per heavy atom. The third-order valence-electron chi connectivity index (χ3n) is 1.57. The Morgan fingerprint density at radius 1 is 1.50 bits per heavy atom. The number of aromatic nitrogens is 1. The maximum Gasteiger partial charge on any atom is 0.274 e. The summed E-state index contributed by atoms with van der Waals surface area (Å²) in [7, 11) is 1.61. The summed E-state index contributed by atoms with van der Waals surface area (Å²) < 4.78 is 6.07. The highest BCUT2D eigenvalue weighted by atomic mass is 32.1. The van der Waals surface area contributed by atoms with Gasteiger partial charge in [-0.2, -0.15) is 0 Å². The Balaban J connectivity index is 2.67. The zero-order valence-corrected chi connectivity index (χ0v) is 7.39. The number of fused-ring (bicyclic) bond motifs is 1. The average molecular weight is 180 g/mol. The van der Waals surface area contributed by atoms with Crippen LogP contribution in [0.15, 0.2) is 18.2 Å². The molecule has 1 aromatic carbocycles. The standard InChI is InChI=1S/C8H8N2OS/c1-11-8-10-6-3-2-5(9)4-7(6)12-8/h2-4H,9H2,1H3. The fourth-order valence-electron chi connectivity index (χ4n) is 1.01. The van der Waals surface area contributed by atoms with Crippen LogP contribution in [0.1, 0.15) is 0 Å². The Hall–Kier alpha value is -1.29. The highest BCUT2D eigenvalue weighted by Crippen LogP contribution is 2.28. The van der Waals surface area contributed by atoms with E-state index in [4.69, 9.17) is 10.5 Å². The van der Waals surface area contributed by atoms with Crippen LogP contribution >= 0.6 is 11.3 Å². The molecule has 1 aromatic heterocycles. The number of benzene rings is 1. The van der Waals surface area contributed by atoms with Crippen LogP contribution in [-0.4, -0.2) is 12.1 Å². The first-order valence-corrected chi connectivity index (χ1v) is 4.31. The first-order valence-electron chi connectivity index (χ1n) is 3.49. The number of nitrogens with two attached hydrogens (primary N) is 1. The molecule has 0 spiro atoms. The number of nitrogens with zero attached hydrogens (tertiary/aromatic N) is 1. The topological polar surface area (TPSA) is 48.1 Å². The summed E-state index contributed by atoms with van der Waals surface area (Å²) in [6, 6.07) is 5.63. The molecule has 0 saturated heterocycles. The molecule has 2 rings (SSSR count). The van der Waals surface area contributed by atoms with Gasteiger partial charge in [0.1, 0.15) is 0 Å². The van der Waals surface area contributed by atoms with E-state index >= 15 is 0 Å². The van der Waals surface area contributed by atoms with Crippen molar-refractivity contribution in [3.8, 4) is 5.19 Å². The van der Waals surface area contributed by atoms with Gasteiger partial charge >= 0.3 is 0 Å². The molecule has 2 aromatic rings. The van der Waals surface area contributed by atoms with Crippen LogP contribution in [0.25, 0.3) is 10.2 Å². The van der Waals surface area contributed by atoms with Crippen molar-refractivity contribution in [3.05, 3.63) is 18.2 Å². The van der Waals surface area contributed by atoms with E-state index < -0.39 is 0 Å². The third-order valence-corrected chi connectivity index (χ3v) is 2.55. The van der Waals surface area contributed by atoms with Gasteiger partial charge in [-0.1, -0.05) is 11.3 Å². The number of methoxy groups -OCH3 is 1. The Bertz CT molecular complexity index is 410. The minimum absolute atomic E-state index is 0.676. The van der Waals surface area contributed by atoms with Gasteiger partial charge in [-0.15, -0.1) is 0 Å². The van der Waals surface area contributed by atoms with Gasteiger partial charge in [0, 0.05) is 5.69 Å². The van der Waals surface area contributed by atoms with E-state index in [2.05, 4.69) is 4.98 Å². The molecule has 0 bridgehead atoms. The van der Waals surface area contributed by atoms with Gasteiger partial charge in [-0.25, -0.2) is 4.98 Å². The Kier molecular flexibility index (Phi) is 1.62. The van der Waals surface area contributed by atoms with E-state index in [1.807, 2.05) is 18.2 Å². The lowest BCUT2D eigenvalue weighted by Gasteiger charge is -1.88. The number of thiazole rings is 1. The lowest BCUT2D eigenvalue weighted by molar-refractivity contribution is 0.413. The quantitative estimate of drug-likeness (QED) is 0.682. The van der Waals surface area contributed by atoms with Gasteiger partial charge in [0.15, 0.2) is 0 Å². The normalized spacial score (nSPS) is 10.4. The molecule has 3 nitrogen and oxygen atoms in total. The second-order valence-electron chi connectivity index (χ2n) is 2.41. The molecule has 0 aliphatic carbocycles. The van der Waals surface area contributed by atoms with Crippen molar-refractivity contribution in [1.29, 1.82) is 0 Å². The minimum Gasteiger partial charge on any atom is -0.473 e. The van der Waals surface area contributed by atoms with Crippen molar-refractivity contribution in [2.24, 2.45) is 0 Å². The van der Waals surface area contributed by atoms with E-state index in [1.54, 1.807) is 7.11 Å². The molecule has 0 amide bonds. The molecule has 0 fully saturated rings. The minimum atomic E-state index is 0.676. The van der Waals surface area contributed by atoms with Crippen molar-refractivity contribution in [1.82, 2.24) is 4.98 Å². The molecule has 12 heavy (non-hydrogen) atoms. The fourth-order valence-corrected chi connectivity index (χ4v) is 1.84. The van der Waals surface area contributed by atoms with Crippen molar-refractivity contribution in [3.63, 3.8) is 0 Å². The van der Waals surface area contributed by atoms with Crippen molar-refractivity contribution in [2.45, 2.75) is 0 Å². The first-order chi connectivity index (χ1) is 5.79. The summed E-state index contributed by atoms with van der Waals surface area (Å²) in [5.74, 6) is 0. The lowest BCUT2D eigenvalue weighted by Crippen LogP contribution is -1.81. The van der Waals surface area contributed by atoms with Gasteiger partial charge in [-0.05, 0) is 18.2 Å². The van der Waals surface area contributed by atoms with Crippen LogP contribution in [0.3, 0.4) is 0 Å². The summed E-state index contributed by atoms with van der Waals surface area (Å²) in [4.78, 5) is 4.21. The lowest BCUT2D eigenvalue weighted by atomic mass is 10.3. The molecular weight excluding hydrogens is 172 g/mol. The summed E-state index contributed by atoms with van der Waals surface area (Å²) in [6.45, 7) is 0. The Labute approximate surface area is 73.8 Å². The van der Waals surface area contributed by atoms with Crippen LogP contribution in [0.5, 0.6) is 5.19 Å². The second-order valence-corrected chi connectivity index (χ2v) is 3.40. The first kappa shape index (κ1) is 7.36. The SMILES string of the molecule is COc1nc2ccc(N)cc2s1. The van der Waals surface area contributed by atoms with Gasteiger partial charge < -0.3 is 10.5 Å². The van der Waals surface area contributed by atoms with Crippen LogP contribution in [0, 0.1) is 0 Å². The van der Waals surface area contributed by atoms with Gasteiger partial charge in [0.05, 0.1) is 17.3 Å². The maximum absolute atomic E-state index is 5.61. The van der Waals surface area contributed by atoms with E-state index in [0.29, 0.717) is 5.19 Å². The fraction of sp³-hybridized carbons (Fsp3) is 0.125. The molecule has 0 radical (unpaired) electrons. The third kappa shape index (κ3) is 1.10. The van der Waals surface area contributed by atoms with Gasteiger partial charge in [0.2, 0.25) is 0 Å². The van der Waals surface area contributed by atoms with Gasteiger partial charge in [0.25, 0.3) is 5.19 Å². The number of rotatable bonds is 1. The van der Waals surface area contributed by atoms with Crippen LogP contribution in [-0.2, 0) is 0 Å². The Morgan fingerprint density at radius 3 is 3.08 bits per heavy atom. The molecule has 1 heterocycles. The highest BCUT2D eigenvalue weighted by Gasteiger charge is 2.02. The van der Waals surface area contributed by atoms with Crippen molar-refractivity contribution in [2.75, 3.05) is 12.8 Å². The summed E-state index contributed by atoms with van der Waals surface area (Å²) >= 11 is 1.50. The van der Waals surface area contributed by atoms with E-state index in [1.165, 1.54) is 11.3 Å². The number of anilines is 1. The molecule has 0 saturated carbocycles. The number of nitrogen functional groups attached to an aromatic ring is 1. The molecule has 0 unspecified atom stereocenters. The van der Waals surface area contributed by atoms with E-state index in [-0.39, 0.29) is 0 Å². The maximum atomic E-state index is 5.61. The van der Waals surface area contributed by atoms with E-state index in [0.717, 1.165) is 15.9 Å². The van der Waals surface area contributed by atoms with Crippen molar-refractivity contribution >= 4 is 27.2 Å². The largest absolute Gasteiger partial charge is 0.473 e. The molecule has 0 aliphatic heterocycles. The molecular formula is C8H8N2OS. The molecule has 0 aliphatic rings.